The lowest BCUT2D eigenvalue weighted by Crippen LogP contribution is -2.26. The van der Waals surface area contributed by atoms with Gasteiger partial charge in [0.1, 0.15) is 11.0 Å². The molecular formula is C18H23N3O4S. The number of hydrogen-bond donors (Lipinski definition) is 2. The zero-order valence-electron chi connectivity index (χ0n) is 14.9. The molecule has 1 aliphatic rings. The molecule has 1 aromatic carbocycles. The van der Waals surface area contributed by atoms with Crippen LogP contribution >= 0.6 is 11.8 Å². The molecule has 1 unspecified atom stereocenters. The summed E-state index contributed by atoms with van der Waals surface area (Å²) in [5, 5.41) is 18.8. The fourth-order valence-electron chi connectivity index (χ4n) is 2.34. The molecule has 8 heteroatoms. The minimum Gasteiger partial charge on any atom is -0.493 e. The molecule has 7 nitrogen and oxygen atoms in total. The number of hydrogen-bond acceptors (Lipinski definition) is 6. The van der Waals surface area contributed by atoms with Gasteiger partial charge >= 0.3 is 5.97 Å². The van der Waals surface area contributed by atoms with Crippen molar-refractivity contribution in [1.82, 2.24) is 5.32 Å². The summed E-state index contributed by atoms with van der Waals surface area (Å²) in [5.41, 5.74) is 1.88. The second-order valence-electron chi connectivity index (χ2n) is 5.92. The third-order valence-corrected chi connectivity index (χ3v) is 4.77. The number of thioether (sulfide) groups is 1. The second kappa shape index (κ2) is 9.96. The Balaban J connectivity index is 1.91. The number of ether oxygens (including phenoxy) is 1. The number of amides is 1. The first-order chi connectivity index (χ1) is 12.5. The molecule has 1 atom stereocenters. The molecule has 0 spiro atoms. The van der Waals surface area contributed by atoms with Crippen molar-refractivity contribution in [3.63, 3.8) is 0 Å². The normalized spacial score (nSPS) is 18.5. The van der Waals surface area contributed by atoms with Crippen LogP contribution in [0.2, 0.25) is 0 Å². The number of amidine groups is 1. The molecule has 1 fully saturated rings. The van der Waals surface area contributed by atoms with Crippen molar-refractivity contribution in [2.45, 2.75) is 44.8 Å². The predicted molar refractivity (Wildman–Crippen MR) is 103 cm³/mol. The van der Waals surface area contributed by atoms with E-state index in [2.05, 4.69) is 22.4 Å². The molecule has 1 amide bonds. The van der Waals surface area contributed by atoms with Crippen LogP contribution in [0.15, 0.2) is 28.4 Å². The summed E-state index contributed by atoms with van der Waals surface area (Å²) < 4.78 is 5.76. The summed E-state index contributed by atoms with van der Waals surface area (Å²) in [7, 11) is 0. The molecule has 1 aliphatic heterocycles. The number of benzene rings is 1. The minimum absolute atomic E-state index is 0.238. The molecule has 1 heterocycles. The van der Waals surface area contributed by atoms with Gasteiger partial charge in [0.2, 0.25) is 5.91 Å². The van der Waals surface area contributed by atoms with E-state index >= 15 is 0 Å². The molecule has 0 aromatic heterocycles. The molecule has 140 valence electrons. The van der Waals surface area contributed by atoms with Crippen molar-refractivity contribution in [2.75, 3.05) is 6.61 Å². The van der Waals surface area contributed by atoms with E-state index in [-0.39, 0.29) is 12.3 Å². The summed E-state index contributed by atoms with van der Waals surface area (Å²) in [6.07, 6.45) is 4.71. The number of nitrogens with one attached hydrogen (secondary N) is 1. The highest BCUT2D eigenvalue weighted by atomic mass is 32.2. The molecule has 26 heavy (non-hydrogen) atoms. The zero-order chi connectivity index (χ0) is 18.9. The van der Waals surface area contributed by atoms with Crippen LogP contribution in [-0.2, 0) is 9.59 Å². The largest absolute Gasteiger partial charge is 0.493 e. The highest BCUT2D eigenvalue weighted by molar-refractivity contribution is 8.15. The monoisotopic (exact) mass is 377 g/mol. The number of nitrogens with zero attached hydrogens (tertiary/aromatic N) is 2. The van der Waals surface area contributed by atoms with Crippen molar-refractivity contribution in [1.29, 1.82) is 0 Å². The fourth-order valence-corrected chi connectivity index (χ4v) is 3.26. The highest BCUT2D eigenvalue weighted by Gasteiger charge is 2.32. The maximum atomic E-state index is 11.6. The van der Waals surface area contributed by atoms with E-state index in [1.54, 1.807) is 6.21 Å². The van der Waals surface area contributed by atoms with Crippen LogP contribution in [-0.4, -0.2) is 40.2 Å². The van der Waals surface area contributed by atoms with Crippen LogP contribution in [0.4, 0.5) is 0 Å². The van der Waals surface area contributed by atoms with Crippen LogP contribution in [0, 0.1) is 6.92 Å². The number of aliphatic carboxylic acids is 1. The summed E-state index contributed by atoms with van der Waals surface area (Å²) >= 11 is 1.08. The van der Waals surface area contributed by atoms with Crippen molar-refractivity contribution >= 4 is 35.0 Å². The maximum absolute atomic E-state index is 11.6. The standard InChI is InChI=1S/C18H23N3O4S/c1-3-4-5-8-25-14-7-6-13(9-12(14)2)11-19-21-18-20-17(24)15(26-18)10-16(22)23/h6-7,9,11,15H,3-5,8,10H2,1-2H3,(H,22,23)(H,20,21,24). The van der Waals surface area contributed by atoms with E-state index < -0.39 is 11.2 Å². The van der Waals surface area contributed by atoms with Gasteiger partial charge in [0.25, 0.3) is 0 Å². The average molecular weight is 377 g/mol. The quantitative estimate of drug-likeness (QED) is 0.391. The maximum Gasteiger partial charge on any atom is 0.305 e. The van der Waals surface area contributed by atoms with Gasteiger partial charge in [-0.1, -0.05) is 31.5 Å². The Morgan fingerprint density at radius 3 is 2.92 bits per heavy atom. The van der Waals surface area contributed by atoms with E-state index in [1.165, 1.54) is 0 Å². The molecule has 1 saturated heterocycles. The van der Waals surface area contributed by atoms with Gasteiger partial charge in [-0.2, -0.15) is 5.10 Å². The Labute approximate surface area is 156 Å². The number of carbonyl (C=O) groups is 2. The van der Waals surface area contributed by atoms with Crippen molar-refractivity contribution in [2.24, 2.45) is 10.2 Å². The first kappa shape index (κ1) is 20.0. The first-order valence-corrected chi connectivity index (χ1v) is 9.41. The van der Waals surface area contributed by atoms with E-state index in [0.717, 1.165) is 47.9 Å². The van der Waals surface area contributed by atoms with Gasteiger partial charge in [-0.05, 0) is 42.7 Å². The van der Waals surface area contributed by atoms with E-state index in [4.69, 9.17) is 9.84 Å². The van der Waals surface area contributed by atoms with Crippen molar-refractivity contribution in [3.05, 3.63) is 29.3 Å². The van der Waals surface area contributed by atoms with E-state index in [9.17, 15) is 9.59 Å². The van der Waals surface area contributed by atoms with Crippen molar-refractivity contribution < 1.29 is 19.4 Å². The number of carbonyl (C=O) groups excluding carboxylic acids is 1. The lowest BCUT2D eigenvalue weighted by molar-refractivity contribution is -0.138. The smallest absolute Gasteiger partial charge is 0.305 e. The first-order valence-electron chi connectivity index (χ1n) is 8.53. The van der Waals surface area contributed by atoms with Gasteiger partial charge in [-0.25, -0.2) is 0 Å². The third kappa shape index (κ3) is 6.18. The number of unbranched alkanes of at least 4 members (excludes halogenated alkanes) is 2. The van der Waals surface area contributed by atoms with Gasteiger partial charge in [-0.3, -0.25) is 9.59 Å². The van der Waals surface area contributed by atoms with Gasteiger partial charge in [-0.15, -0.1) is 5.10 Å². The Hall–Kier alpha value is -2.35. The molecule has 0 aliphatic carbocycles. The SMILES string of the molecule is CCCCCOc1ccc(C=NN=C2NC(=O)C(CC(=O)O)S2)cc1C. The number of rotatable bonds is 9. The van der Waals surface area contributed by atoms with Crippen LogP contribution in [0.3, 0.4) is 0 Å². The summed E-state index contributed by atoms with van der Waals surface area (Å²) in [6, 6.07) is 5.75. The lowest BCUT2D eigenvalue weighted by Gasteiger charge is -2.09. The van der Waals surface area contributed by atoms with Crippen molar-refractivity contribution in [3.8, 4) is 5.75 Å². The molecule has 2 rings (SSSR count). The van der Waals surface area contributed by atoms with Gasteiger partial charge in [0.15, 0.2) is 5.17 Å². The fraction of sp³-hybridized carbons (Fsp3) is 0.444. The Morgan fingerprint density at radius 2 is 2.23 bits per heavy atom. The van der Waals surface area contributed by atoms with Crippen LogP contribution in [0.25, 0.3) is 0 Å². The van der Waals surface area contributed by atoms with E-state index in [1.807, 2.05) is 25.1 Å². The Bertz CT molecular complexity index is 718. The highest BCUT2D eigenvalue weighted by Crippen LogP contribution is 2.22. The second-order valence-corrected chi connectivity index (χ2v) is 7.12. The number of aryl methyl sites for hydroxylation is 1. The minimum atomic E-state index is -1.02. The van der Waals surface area contributed by atoms with Crippen LogP contribution < -0.4 is 10.1 Å². The Morgan fingerprint density at radius 1 is 1.42 bits per heavy atom. The van der Waals surface area contributed by atoms with Gasteiger partial charge in [0.05, 0.1) is 19.2 Å². The summed E-state index contributed by atoms with van der Waals surface area (Å²) in [5.74, 6) is -0.513. The number of carboxylic acid groups (broad SMARTS) is 1. The lowest BCUT2D eigenvalue weighted by atomic mass is 10.1. The zero-order valence-corrected chi connectivity index (χ0v) is 15.7. The molecular weight excluding hydrogens is 354 g/mol. The van der Waals surface area contributed by atoms with Gasteiger partial charge in [0, 0.05) is 0 Å². The Kier molecular flexibility index (Phi) is 7.65. The number of carboxylic acids is 1. The van der Waals surface area contributed by atoms with E-state index in [0.29, 0.717) is 11.8 Å². The summed E-state index contributed by atoms with van der Waals surface area (Å²) in [4.78, 5) is 22.3. The van der Waals surface area contributed by atoms with Gasteiger partial charge < -0.3 is 15.2 Å². The average Bonchev–Trinajstić information content (AvgIpc) is 2.92. The molecule has 0 saturated carbocycles. The predicted octanol–water partition coefficient (Wildman–Crippen LogP) is 2.96. The molecule has 1 aromatic rings. The summed E-state index contributed by atoms with van der Waals surface area (Å²) in [6.45, 7) is 4.84. The van der Waals surface area contributed by atoms with Crippen LogP contribution in [0.1, 0.15) is 43.7 Å². The third-order valence-electron chi connectivity index (χ3n) is 3.70. The van der Waals surface area contributed by atoms with Crippen LogP contribution in [0.5, 0.6) is 5.75 Å². The topological polar surface area (TPSA) is 100 Å². The molecule has 2 N–H and O–H groups in total. The molecule has 0 radical (unpaired) electrons. The molecule has 0 bridgehead atoms.